The van der Waals surface area contributed by atoms with Gasteiger partial charge in [-0.1, -0.05) is 6.42 Å². The fraction of sp³-hybridized carbons (Fsp3) is 0.625. The lowest BCUT2D eigenvalue weighted by Gasteiger charge is -2.54. The van der Waals surface area contributed by atoms with Gasteiger partial charge in [-0.3, -0.25) is 9.78 Å². The second-order valence-electron chi connectivity index (χ2n) is 6.34. The first-order chi connectivity index (χ1) is 10.1. The molecule has 1 saturated carbocycles. The molecule has 0 radical (unpaired) electrons. The highest BCUT2D eigenvalue weighted by molar-refractivity contribution is 5.92. The number of hydrogen-bond donors (Lipinski definition) is 1. The van der Waals surface area contributed by atoms with Gasteiger partial charge in [0.2, 0.25) is 5.91 Å². The van der Waals surface area contributed by atoms with Crippen LogP contribution in [0.3, 0.4) is 0 Å². The van der Waals surface area contributed by atoms with Gasteiger partial charge in [0.15, 0.2) is 0 Å². The number of amides is 1. The molecule has 22 heavy (non-hydrogen) atoms. The van der Waals surface area contributed by atoms with Crippen molar-refractivity contribution in [1.82, 2.24) is 9.88 Å². The summed E-state index contributed by atoms with van der Waals surface area (Å²) in [6.45, 7) is 2.01. The van der Waals surface area contributed by atoms with Gasteiger partial charge in [0.1, 0.15) is 5.60 Å². The van der Waals surface area contributed by atoms with Crippen LogP contribution < -0.4 is 5.73 Å². The van der Waals surface area contributed by atoms with Crippen molar-refractivity contribution in [2.24, 2.45) is 17.6 Å². The Morgan fingerprint density at radius 3 is 2.59 bits per heavy atom. The molecule has 1 saturated heterocycles. The van der Waals surface area contributed by atoms with Crippen molar-refractivity contribution >= 4 is 18.3 Å². The number of primary amides is 1. The number of piperidine rings is 1. The summed E-state index contributed by atoms with van der Waals surface area (Å²) in [6.07, 6.45) is 5.18. The molecule has 0 aromatic carbocycles. The number of likely N-dealkylation sites (tertiary alicyclic amines) is 1. The van der Waals surface area contributed by atoms with Crippen molar-refractivity contribution in [3.63, 3.8) is 0 Å². The zero-order valence-corrected chi connectivity index (χ0v) is 13.9. The summed E-state index contributed by atoms with van der Waals surface area (Å²) in [4.78, 5) is 18.4. The van der Waals surface area contributed by atoms with Gasteiger partial charge in [0.05, 0.1) is 5.69 Å². The van der Waals surface area contributed by atoms with E-state index in [1.54, 1.807) is 19.4 Å². The van der Waals surface area contributed by atoms with E-state index in [1.807, 2.05) is 6.07 Å². The highest BCUT2D eigenvalue weighted by Crippen LogP contribution is 2.50. The predicted molar refractivity (Wildman–Crippen MR) is 87.0 cm³/mol. The number of nitrogens with zero attached hydrogens (tertiary/aromatic N) is 2. The molecule has 0 spiro atoms. The van der Waals surface area contributed by atoms with Gasteiger partial charge in [-0.2, -0.15) is 0 Å². The molecule has 1 aliphatic carbocycles. The Morgan fingerprint density at radius 1 is 1.41 bits per heavy atom. The quantitative estimate of drug-likeness (QED) is 0.920. The van der Waals surface area contributed by atoms with Crippen LogP contribution in [-0.2, 0) is 10.3 Å². The van der Waals surface area contributed by atoms with Crippen LogP contribution in [0.15, 0.2) is 18.3 Å². The summed E-state index contributed by atoms with van der Waals surface area (Å²) in [6, 6.07) is 3.49. The molecule has 1 aromatic heterocycles. The lowest BCUT2D eigenvalue weighted by atomic mass is 9.63. The SMILES string of the molecule is COC1(c2cc(C(N)=O)ccn2)[C@@H]2CCC[C@H]1CN(C)C2.Cl. The maximum Gasteiger partial charge on any atom is 0.248 e. The maximum absolute atomic E-state index is 11.5. The third kappa shape index (κ3) is 2.62. The molecule has 1 amide bonds. The highest BCUT2D eigenvalue weighted by atomic mass is 35.5. The minimum atomic E-state index is -0.414. The first-order valence-electron chi connectivity index (χ1n) is 7.58. The number of methoxy groups -OCH3 is 1. The topological polar surface area (TPSA) is 68.5 Å². The van der Waals surface area contributed by atoms with Crippen LogP contribution in [-0.4, -0.2) is 43.0 Å². The van der Waals surface area contributed by atoms with Crippen LogP contribution in [0.1, 0.15) is 35.3 Å². The van der Waals surface area contributed by atoms with Crippen LogP contribution >= 0.6 is 12.4 Å². The van der Waals surface area contributed by atoms with Gasteiger partial charge >= 0.3 is 0 Å². The Balaban J connectivity index is 0.00000176. The number of ether oxygens (including phenoxy) is 1. The van der Waals surface area contributed by atoms with E-state index in [4.69, 9.17) is 10.5 Å². The van der Waals surface area contributed by atoms with Gasteiger partial charge in [-0.15, -0.1) is 12.4 Å². The van der Waals surface area contributed by atoms with Gasteiger partial charge in [-0.05, 0) is 32.0 Å². The molecule has 1 aromatic rings. The third-order valence-corrected chi connectivity index (χ3v) is 5.16. The number of pyridine rings is 1. The number of fused-ring (bicyclic) bond motifs is 2. The van der Waals surface area contributed by atoms with Crippen LogP contribution in [0.2, 0.25) is 0 Å². The summed E-state index contributed by atoms with van der Waals surface area (Å²) < 4.78 is 6.07. The molecule has 2 aliphatic rings. The molecule has 2 fully saturated rings. The lowest BCUT2D eigenvalue weighted by Crippen LogP contribution is -2.58. The van der Waals surface area contributed by atoms with Gasteiger partial charge in [0, 0.05) is 43.8 Å². The smallest absolute Gasteiger partial charge is 0.248 e. The summed E-state index contributed by atoms with van der Waals surface area (Å²) in [5.74, 6) is 0.411. The molecule has 3 atom stereocenters. The Morgan fingerprint density at radius 2 is 2.05 bits per heavy atom. The summed E-state index contributed by atoms with van der Waals surface area (Å²) >= 11 is 0. The van der Waals surface area contributed by atoms with E-state index in [0.717, 1.165) is 31.6 Å². The van der Waals surface area contributed by atoms with E-state index in [0.29, 0.717) is 17.4 Å². The second kappa shape index (κ2) is 6.52. The molecule has 1 aliphatic heterocycles. The minimum absolute atomic E-state index is 0. The zero-order chi connectivity index (χ0) is 15.0. The van der Waals surface area contributed by atoms with E-state index in [2.05, 4.69) is 16.9 Å². The Bertz CT molecular complexity index is 538. The van der Waals surface area contributed by atoms with E-state index in [1.165, 1.54) is 6.42 Å². The van der Waals surface area contributed by atoms with Gasteiger partial charge in [0.25, 0.3) is 0 Å². The van der Waals surface area contributed by atoms with Crippen LogP contribution in [0.5, 0.6) is 0 Å². The molecule has 122 valence electrons. The molecular formula is C16H24ClN3O2. The first kappa shape index (κ1) is 17.2. The van der Waals surface area contributed by atoms with Gasteiger partial charge in [-0.25, -0.2) is 0 Å². The Kier molecular flexibility index (Phi) is 5.10. The second-order valence-corrected chi connectivity index (χ2v) is 6.34. The first-order valence-corrected chi connectivity index (χ1v) is 7.58. The number of aromatic nitrogens is 1. The normalized spacial score (nSPS) is 31.4. The number of carbonyl (C=O) groups is 1. The monoisotopic (exact) mass is 325 g/mol. The number of hydrogen-bond acceptors (Lipinski definition) is 4. The maximum atomic E-state index is 11.5. The van der Waals surface area contributed by atoms with Crippen LogP contribution in [0.25, 0.3) is 0 Å². The number of carbonyl (C=O) groups excluding carboxylic acids is 1. The average molecular weight is 326 g/mol. The van der Waals surface area contributed by atoms with Crippen molar-refractivity contribution in [3.8, 4) is 0 Å². The standard InChI is InChI=1S/C16H23N3O2.ClH/c1-19-9-12-4-3-5-13(10-19)16(12,21-2)14-8-11(15(17)20)6-7-18-14;/h6-8,12-13H,3-5,9-10H2,1-2H3,(H2,17,20);1H/t12-,13+,16?;. The predicted octanol–water partition coefficient (Wildman–Crippen LogP) is 1.81. The molecule has 2 N–H and O–H groups in total. The van der Waals surface area contributed by atoms with Crippen molar-refractivity contribution in [3.05, 3.63) is 29.6 Å². The fourth-order valence-corrected chi connectivity index (χ4v) is 4.31. The summed E-state index contributed by atoms with van der Waals surface area (Å²) in [5.41, 5.74) is 6.41. The van der Waals surface area contributed by atoms with E-state index < -0.39 is 5.91 Å². The van der Waals surface area contributed by atoms with Crippen LogP contribution in [0.4, 0.5) is 0 Å². The molecule has 2 bridgehead atoms. The van der Waals surface area contributed by atoms with E-state index in [-0.39, 0.29) is 18.0 Å². The largest absolute Gasteiger partial charge is 0.371 e. The molecule has 1 unspecified atom stereocenters. The van der Waals surface area contributed by atoms with Crippen molar-refractivity contribution in [2.75, 3.05) is 27.2 Å². The molecule has 3 rings (SSSR count). The minimum Gasteiger partial charge on any atom is -0.371 e. The summed E-state index contributed by atoms with van der Waals surface area (Å²) in [7, 11) is 3.94. The van der Waals surface area contributed by atoms with Crippen molar-refractivity contribution in [1.29, 1.82) is 0 Å². The molecular weight excluding hydrogens is 302 g/mol. The Hall–Kier alpha value is -1.17. The van der Waals surface area contributed by atoms with E-state index in [9.17, 15) is 4.79 Å². The molecule has 2 heterocycles. The van der Waals surface area contributed by atoms with Crippen LogP contribution in [0, 0.1) is 11.8 Å². The highest BCUT2D eigenvalue weighted by Gasteiger charge is 2.53. The van der Waals surface area contributed by atoms with Crippen molar-refractivity contribution in [2.45, 2.75) is 24.9 Å². The van der Waals surface area contributed by atoms with E-state index >= 15 is 0 Å². The lowest BCUT2D eigenvalue weighted by molar-refractivity contribution is -0.168. The average Bonchev–Trinajstić information content (AvgIpc) is 2.46. The Labute approximate surface area is 137 Å². The molecule has 5 nitrogen and oxygen atoms in total. The number of nitrogens with two attached hydrogens (primary N) is 1. The number of rotatable bonds is 3. The van der Waals surface area contributed by atoms with Gasteiger partial charge < -0.3 is 15.4 Å². The third-order valence-electron chi connectivity index (χ3n) is 5.16. The summed E-state index contributed by atoms with van der Waals surface area (Å²) in [5, 5.41) is 0. The van der Waals surface area contributed by atoms with Crippen molar-refractivity contribution < 1.29 is 9.53 Å². The molecule has 6 heteroatoms. The fourth-order valence-electron chi connectivity index (χ4n) is 4.31. The zero-order valence-electron chi connectivity index (χ0n) is 13.1. The number of halogens is 1.